The number of carbonyl (C=O) groups is 1. The summed E-state index contributed by atoms with van der Waals surface area (Å²) >= 11 is 6.67. The van der Waals surface area contributed by atoms with Crippen LogP contribution in [0.4, 0.5) is 5.69 Å². The Kier molecular flexibility index (Phi) is 4.09. The third-order valence-corrected chi connectivity index (χ3v) is 4.58. The van der Waals surface area contributed by atoms with E-state index in [1.165, 1.54) is 11.8 Å². The van der Waals surface area contributed by atoms with Crippen LogP contribution in [0.5, 0.6) is 0 Å². The van der Waals surface area contributed by atoms with Crippen LogP contribution in [0.2, 0.25) is 0 Å². The number of amides is 1. The fourth-order valence-corrected chi connectivity index (χ4v) is 3.45. The monoisotopic (exact) mass is 326 g/mol. The molecule has 3 nitrogen and oxygen atoms in total. The van der Waals surface area contributed by atoms with Gasteiger partial charge in [0.25, 0.3) is 5.91 Å². The van der Waals surface area contributed by atoms with E-state index in [9.17, 15) is 4.79 Å². The fraction of sp³-hybridized carbons (Fsp3) is 0.118. The highest BCUT2D eigenvalue weighted by molar-refractivity contribution is 8.27. The molecule has 1 aromatic heterocycles. The lowest BCUT2D eigenvalue weighted by atomic mass is 10.2. The highest BCUT2D eigenvalue weighted by Crippen LogP contribution is 2.35. The molecular weight excluding hydrogens is 312 g/mol. The van der Waals surface area contributed by atoms with Crippen molar-refractivity contribution in [3.8, 4) is 0 Å². The third kappa shape index (κ3) is 2.96. The molecule has 22 heavy (non-hydrogen) atoms. The SMILES string of the molecule is Cc1ccc(N2C(=O)/C(=C/c3cccc(C)n3)SC2=S)cc1. The van der Waals surface area contributed by atoms with Crippen molar-refractivity contribution < 1.29 is 4.79 Å². The number of nitrogens with zero attached hydrogens (tertiary/aromatic N) is 2. The van der Waals surface area contributed by atoms with Crippen molar-refractivity contribution in [1.82, 2.24) is 4.98 Å². The van der Waals surface area contributed by atoms with Crippen molar-refractivity contribution in [1.29, 1.82) is 0 Å². The first-order valence-electron chi connectivity index (χ1n) is 6.83. The van der Waals surface area contributed by atoms with E-state index in [4.69, 9.17) is 12.2 Å². The van der Waals surface area contributed by atoms with Gasteiger partial charge in [-0.25, -0.2) is 0 Å². The lowest BCUT2D eigenvalue weighted by molar-refractivity contribution is -0.113. The fourth-order valence-electron chi connectivity index (χ4n) is 2.16. The van der Waals surface area contributed by atoms with Gasteiger partial charge in [0.15, 0.2) is 4.32 Å². The van der Waals surface area contributed by atoms with Crippen LogP contribution in [0.25, 0.3) is 6.08 Å². The Morgan fingerprint density at radius 1 is 1.14 bits per heavy atom. The summed E-state index contributed by atoms with van der Waals surface area (Å²) in [6, 6.07) is 13.5. The molecule has 2 aromatic rings. The van der Waals surface area contributed by atoms with Crippen molar-refractivity contribution >= 4 is 46.0 Å². The molecule has 0 N–H and O–H groups in total. The number of pyridine rings is 1. The summed E-state index contributed by atoms with van der Waals surface area (Å²) in [6.07, 6.45) is 1.79. The number of carbonyl (C=O) groups excluding carboxylic acids is 1. The molecule has 0 bridgehead atoms. The molecule has 2 heterocycles. The number of thioether (sulfide) groups is 1. The number of thiocarbonyl (C=S) groups is 1. The van der Waals surface area contributed by atoms with Crippen molar-refractivity contribution in [2.24, 2.45) is 0 Å². The second kappa shape index (κ2) is 6.02. The third-order valence-electron chi connectivity index (χ3n) is 3.27. The first-order valence-corrected chi connectivity index (χ1v) is 8.05. The van der Waals surface area contributed by atoms with Crippen molar-refractivity contribution in [3.63, 3.8) is 0 Å². The van der Waals surface area contributed by atoms with Crippen LogP contribution in [-0.4, -0.2) is 15.2 Å². The Balaban J connectivity index is 1.93. The zero-order chi connectivity index (χ0) is 15.7. The number of rotatable bonds is 2. The van der Waals surface area contributed by atoms with Crippen molar-refractivity contribution in [2.75, 3.05) is 4.90 Å². The topological polar surface area (TPSA) is 33.2 Å². The predicted molar refractivity (Wildman–Crippen MR) is 95.8 cm³/mol. The van der Waals surface area contributed by atoms with Crippen molar-refractivity contribution in [3.05, 3.63) is 64.3 Å². The number of hydrogen-bond acceptors (Lipinski definition) is 4. The Bertz CT molecular complexity index is 782. The maximum absolute atomic E-state index is 12.6. The van der Waals surface area contributed by atoms with Gasteiger partial charge in [-0.05, 0) is 44.2 Å². The molecule has 0 atom stereocenters. The average molecular weight is 326 g/mol. The summed E-state index contributed by atoms with van der Waals surface area (Å²) < 4.78 is 0.549. The first-order chi connectivity index (χ1) is 10.5. The molecule has 0 radical (unpaired) electrons. The minimum Gasteiger partial charge on any atom is -0.268 e. The Morgan fingerprint density at radius 3 is 2.55 bits per heavy atom. The van der Waals surface area contributed by atoms with E-state index in [2.05, 4.69) is 4.98 Å². The zero-order valence-electron chi connectivity index (χ0n) is 12.2. The molecule has 1 amide bonds. The van der Waals surface area contributed by atoms with E-state index in [1.54, 1.807) is 11.0 Å². The number of anilines is 1. The largest absolute Gasteiger partial charge is 0.270 e. The summed E-state index contributed by atoms with van der Waals surface area (Å²) in [5.41, 5.74) is 3.63. The minimum absolute atomic E-state index is 0.0952. The van der Waals surface area contributed by atoms with Crippen LogP contribution in [0.3, 0.4) is 0 Å². The van der Waals surface area contributed by atoms with Gasteiger partial charge >= 0.3 is 0 Å². The van der Waals surface area contributed by atoms with E-state index in [-0.39, 0.29) is 5.91 Å². The molecule has 3 rings (SSSR count). The summed E-state index contributed by atoms with van der Waals surface area (Å²) in [5.74, 6) is -0.0952. The number of benzene rings is 1. The zero-order valence-corrected chi connectivity index (χ0v) is 13.9. The van der Waals surface area contributed by atoms with Crippen LogP contribution in [0.15, 0.2) is 47.4 Å². The average Bonchev–Trinajstić information content (AvgIpc) is 2.75. The number of hydrogen-bond donors (Lipinski definition) is 0. The van der Waals surface area contributed by atoms with Crippen LogP contribution in [0.1, 0.15) is 17.0 Å². The maximum atomic E-state index is 12.6. The molecule has 1 aliphatic heterocycles. The molecular formula is C17H14N2OS2. The molecule has 0 saturated carbocycles. The Labute approximate surface area is 139 Å². The molecule has 1 aliphatic rings. The van der Waals surface area contributed by atoms with Gasteiger partial charge < -0.3 is 0 Å². The van der Waals surface area contributed by atoms with E-state index < -0.39 is 0 Å². The van der Waals surface area contributed by atoms with Gasteiger partial charge in [0.1, 0.15) is 0 Å². The molecule has 0 aliphatic carbocycles. The maximum Gasteiger partial charge on any atom is 0.270 e. The van der Waals surface area contributed by atoms with Gasteiger partial charge in [0.05, 0.1) is 16.3 Å². The predicted octanol–water partition coefficient (Wildman–Crippen LogP) is 4.10. The highest BCUT2D eigenvalue weighted by Gasteiger charge is 2.33. The van der Waals surface area contributed by atoms with Gasteiger partial charge in [-0.15, -0.1) is 0 Å². The standard InChI is InChI=1S/C17H14N2OS2/c1-11-6-8-14(9-7-11)19-16(20)15(22-17(19)21)10-13-5-3-4-12(2)18-13/h3-10H,1-2H3/b15-10-. The van der Waals surface area contributed by atoms with Gasteiger partial charge in [0, 0.05) is 5.69 Å². The second-order valence-corrected chi connectivity index (χ2v) is 6.73. The Hall–Kier alpha value is -1.98. The normalized spacial score (nSPS) is 16.6. The summed E-state index contributed by atoms with van der Waals surface area (Å²) in [6.45, 7) is 3.94. The van der Waals surface area contributed by atoms with Gasteiger partial charge in [-0.2, -0.15) is 0 Å². The number of aryl methyl sites for hydroxylation is 2. The Morgan fingerprint density at radius 2 is 1.86 bits per heavy atom. The molecule has 0 unspecified atom stereocenters. The molecule has 1 aromatic carbocycles. The lowest BCUT2D eigenvalue weighted by Gasteiger charge is -2.14. The van der Waals surface area contributed by atoms with E-state index >= 15 is 0 Å². The summed E-state index contributed by atoms with van der Waals surface area (Å²) in [7, 11) is 0. The quantitative estimate of drug-likeness (QED) is 0.614. The summed E-state index contributed by atoms with van der Waals surface area (Å²) in [5, 5.41) is 0. The molecule has 1 fully saturated rings. The van der Waals surface area contributed by atoms with E-state index in [0.717, 1.165) is 22.6 Å². The smallest absolute Gasteiger partial charge is 0.268 e. The van der Waals surface area contributed by atoms with Crippen LogP contribution < -0.4 is 4.90 Å². The molecule has 5 heteroatoms. The van der Waals surface area contributed by atoms with Crippen molar-refractivity contribution in [2.45, 2.75) is 13.8 Å². The van der Waals surface area contributed by atoms with Crippen LogP contribution in [-0.2, 0) is 4.79 Å². The van der Waals surface area contributed by atoms with Crippen LogP contribution in [0, 0.1) is 13.8 Å². The van der Waals surface area contributed by atoms with Gasteiger partial charge in [-0.1, -0.05) is 47.7 Å². The highest BCUT2D eigenvalue weighted by atomic mass is 32.2. The van der Waals surface area contributed by atoms with Gasteiger partial charge in [0.2, 0.25) is 0 Å². The number of aromatic nitrogens is 1. The molecule has 110 valence electrons. The summed E-state index contributed by atoms with van der Waals surface area (Å²) in [4.78, 5) is 19.2. The first kappa shape index (κ1) is 14.9. The molecule has 1 saturated heterocycles. The van der Waals surface area contributed by atoms with Gasteiger partial charge in [-0.3, -0.25) is 14.7 Å². The lowest BCUT2D eigenvalue weighted by Crippen LogP contribution is -2.27. The van der Waals surface area contributed by atoms with E-state index in [1.807, 2.05) is 56.3 Å². The van der Waals surface area contributed by atoms with Crippen LogP contribution >= 0.6 is 24.0 Å². The van der Waals surface area contributed by atoms with E-state index in [0.29, 0.717) is 9.23 Å². The second-order valence-electron chi connectivity index (χ2n) is 5.06. The molecule has 0 spiro atoms. The minimum atomic E-state index is -0.0952.